The molecule has 3 aliphatic carbocycles. The summed E-state index contributed by atoms with van der Waals surface area (Å²) >= 11 is 0. The second kappa shape index (κ2) is 15.7. The predicted octanol–water partition coefficient (Wildman–Crippen LogP) is 8.82. The lowest BCUT2D eigenvalue weighted by Crippen LogP contribution is -2.73. The number of hydrogen-bond donors (Lipinski definition) is 1. The van der Waals surface area contributed by atoms with E-state index >= 15 is 0 Å². The molecular weight excluding hydrogens is 566 g/mol. The van der Waals surface area contributed by atoms with Gasteiger partial charge in [-0.3, -0.25) is 4.90 Å². The van der Waals surface area contributed by atoms with Gasteiger partial charge in [0.25, 0.3) is 0 Å². The Labute approximate surface area is 272 Å². The molecule has 0 aromatic heterocycles. The molecule has 0 aromatic rings. The summed E-state index contributed by atoms with van der Waals surface area (Å²) in [7, 11) is 0. The second-order valence-electron chi connectivity index (χ2n) is 14.8. The summed E-state index contributed by atoms with van der Waals surface area (Å²) in [6.45, 7) is 13.0. The highest BCUT2D eigenvalue weighted by Gasteiger charge is 2.73. The average Bonchev–Trinajstić information content (AvgIpc) is 3.77. The third-order valence-corrected chi connectivity index (χ3v) is 11.7. The zero-order chi connectivity index (χ0) is 31.9. The summed E-state index contributed by atoms with van der Waals surface area (Å²) < 4.78 is 23.4. The van der Waals surface area contributed by atoms with E-state index in [9.17, 15) is 9.90 Å². The number of allylic oxidation sites excluding steroid dienone is 3. The average molecular weight is 628 g/mol. The maximum absolute atomic E-state index is 12.4. The number of rotatable bonds is 20. The zero-order valence-electron chi connectivity index (χ0n) is 28.5. The highest BCUT2D eigenvalue weighted by molar-refractivity contribution is 5.59. The van der Waals surface area contributed by atoms with Crippen molar-refractivity contribution >= 4 is 6.16 Å². The van der Waals surface area contributed by atoms with E-state index in [1.807, 2.05) is 13.0 Å². The van der Waals surface area contributed by atoms with Gasteiger partial charge in [0.15, 0.2) is 5.76 Å². The minimum absolute atomic E-state index is 0.0119. The Hall–Kier alpha value is -1.99. The van der Waals surface area contributed by atoms with Crippen LogP contribution in [0.15, 0.2) is 35.8 Å². The van der Waals surface area contributed by atoms with Crippen LogP contribution < -0.4 is 0 Å². The zero-order valence-corrected chi connectivity index (χ0v) is 28.5. The van der Waals surface area contributed by atoms with Crippen LogP contribution in [0.2, 0.25) is 0 Å². The normalized spacial score (nSPS) is 31.8. The molecular formula is C38H61NO6. The number of carbonyl (C=O) groups excluding carboxylic acids is 1. The maximum atomic E-state index is 12.4. The van der Waals surface area contributed by atoms with Gasteiger partial charge in [0.2, 0.25) is 6.79 Å². The van der Waals surface area contributed by atoms with Crippen molar-refractivity contribution < 1.29 is 28.8 Å². The molecule has 6 atom stereocenters. The van der Waals surface area contributed by atoms with E-state index in [2.05, 4.69) is 31.4 Å². The fraction of sp³-hybridized carbons (Fsp3) is 0.816. The van der Waals surface area contributed by atoms with Crippen LogP contribution in [0.25, 0.3) is 0 Å². The number of fused-ring (bicyclic) bond motifs is 1. The molecule has 2 bridgehead atoms. The Morgan fingerprint density at radius 1 is 1.02 bits per heavy atom. The van der Waals surface area contributed by atoms with Crippen LogP contribution in [-0.2, 0) is 18.9 Å². The number of likely N-dealkylation sites (tertiary alicyclic amines) is 1. The van der Waals surface area contributed by atoms with Gasteiger partial charge >= 0.3 is 6.16 Å². The van der Waals surface area contributed by atoms with Crippen molar-refractivity contribution in [3.63, 3.8) is 0 Å². The fourth-order valence-electron chi connectivity index (χ4n) is 8.90. The van der Waals surface area contributed by atoms with Gasteiger partial charge in [-0.2, -0.15) is 0 Å². The molecule has 2 saturated heterocycles. The molecule has 0 radical (unpaired) electrons. The Kier molecular flexibility index (Phi) is 12.0. The van der Waals surface area contributed by atoms with Gasteiger partial charge < -0.3 is 24.1 Å². The van der Waals surface area contributed by atoms with E-state index in [1.165, 1.54) is 77.0 Å². The highest BCUT2D eigenvalue weighted by Crippen LogP contribution is 2.67. The van der Waals surface area contributed by atoms with Crippen LogP contribution in [0.1, 0.15) is 130 Å². The van der Waals surface area contributed by atoms with E-state index in [-0.39, 0.29) is 30.8 Å². The standard InChI is InChI=1S/C38H61NO6/c1-5-7-8-9-10-11-12-13-14-15-16-17-24-42-36(40)44-27-43-31-21-20-30-25-32-37(4,41)38(22-23-39(32)26-29-18-19-29)33(30)34(31)45-35(38)28(3)6-2/h20-21,29-30,32-33,35,41H,3,5-19,22-27H2,1-2,4H3/t30?,32?,33?,35-,37+,38-/m0/s1. The molecule has 2 aliphatic heterocycles. The molecule has 2 heterocycles. The number of ether oxygens (including phenoxy) is 4. The van der Waals surface area contributed by atoms with Gasteiger partial charge in [0.1, 0.15) is 11.9 Å². The molecule has 3 unspecified atom stereocenters. The Morgan fingerprint density at radius 3 is 2.33 bits per heavy atom. The quantitative estimate of drug-likeness (QED) is 0.0625. The molecule has 4 fully saturated rings. The van der Waals surface area contributed by atoms with Crippen LogP contribution in [-0.4, -0.2) is 60.4 Å². The van der Waals surface area contributed by atoms with Crippen LogP contribution in [0, 0.1) is 23.2 Å². The van der Waals surface area contributed by atoms with Crippen LogP contribution in [0.3, 0.4) is 0 Å². The molecule has 1 N–H and O–H groups in total. The summed E-state index contributed by atoms with van der Waals surface area (Å²) in [5, 5.41) is 12.4. The first-order valence-electron chi connectivity index (χ1n) is 18.5. The van der Waals surface area contributed by atoms with Crippen molar-refractivity contribution in [1.29, 1.82) is 0 Å². The summed E-state index contributed by atoms with van der Waals surface area (Å²) in [5.41, 5.74) is -0.364. The first-order valence-corrected chi connectivity index (χ1v) is 18.5. The van der Waals surface area contributed by atoms with E-state index in [1.54, 1.807) is 0 Å². The number of hydrogen-bond acceptors (Lipinski definition) is 7. The lowest BCUT2D eigenvalue weighted by Gasteiger charge is -2.63. The minimum Gasteiger partial charge on any atom is -0.485 e. The lowest BCUT2D eigenvalue weighted by atomic mass is 9.47. The molecule has 5 rings (SSSR count). The van der Waals surface area contributed by atoms with Gasteiger partial charge in [-0.05, 0) is 75.5 Å². The Morgan fingerprint density at radius 2 is 1.69 bits per heavy atom. The summed E-state index contributed by atoms with van der Waals surface area (Å²) in [4.78, 5) is 14.8. The molecule has 0 amide bonds. The Balaban J connectivity index is 1.07. The van der Waals surface area contributed by atoms with Gasteiger partial charge in [0, 0.05) is 18.5 Å². The van der Waals surface area contributed by atoms with E-state index < -0.39 is 17.2 Å². The maximum Gasteiger partial charge on any atom is 0.511 e. The monoisotopic (exact) mass is 627 g/mol. The lowest BCUT2D eigenvalue weighted by molar-refractivity contribution is -0.218. The third kappa shape index (κ3) is 7.61. The summed E-state index contributed by atoms with van der Waals surface area (Å²) in [6, 6.07) is 0.0959. The largest absolute Gasteiger partial charge is 0.511 e. The van der Waals surface area contributed by atoms with E-state index in [0.717, 1.165) is 62.4 Å². The van der Waals surface area contributed by atoms with Crippen LogP contribution >= 0.6 is 0 Å². The van der Waals surface area contributed by atoms with Crippen molar-refractivity contribution in [2.45, 2.75) is 148 Å². The van der Waals surface area contributed by atoms with Gasteiger partial charge in [-0.25, -0.2) is 4.79 Å². The molecule has 5 aliphatic rings. The molecule has 1 spiro atoms. The predicted molar refractivity (Wildman–Crippen MR) is 177 cm³/mol. The first kappa shape index (κ1) is 34.3. The van der Waals surface area contributed by atoms with Gasteiger partial charge in [-0.1, -0.05) is 97.1 Å². The SMILES string of the molecule is C=C(CC)[C@@H]1OC2=C(OCOC(=O)OCCCCCCCCCCCCCC)C=CC3CC4N(CC5CC5)CC[C@@]1(C23)[C@]4(C)O. The number of unbranched alkanes of at least 4 members (excludes halogenated alkanes) is 11. The molecule has 0 aromatic carbocycles. The van der Waals surface area contributed by atoms with Crippen molar-refractivity contribution in [2.75, 3.05) is 26.5 Å². The number of aliphatic hydroxyl groups is 1. The third-order valence-electron chi connectivity index (χ3n) is 11.7. The van der Waals surface area contributed by atoms with E-state index in [0.29, 0.717) is 12.4 Å². The molecule has 45 heavy (non-hydrogen) atoms. The number of carbonyl (C=O) groups is 1. The van der Waals surface area contributed by atoms with Crippen LogP contribution in [0.4, 0.5) is 4.79 Å². The highest BCUT2D eigenvalue weighted by atomic mass is 16.8. The second-order valence-corrected chi connectivity index (χ2v) is 14.8. The van der Waals surface area contributed by atoms with Crippen LogP contribution in [0.5, 0.6) is 0 Å². The van der Waals surface area contributed by atoms with E-state index in [4.69, 9.17) is 18.9 Å². The van der Waals surface area contributed by atoms with Crippen molar-refractivity contribution in [1.82, 2.24) is 4.90 Å². The van der Waals surface area contributed by atoms with Crippen molar-refractivity contribution in [3.05, 3.63) is 35.8 Å². The topological polar surface area (TPSA) is 77.5 Å². The summed E-state index contributed by atoms with van der Waals surface area (Å²) in [5.74, 6) is 2.42. The van der Waals surface area contributed by atoms with Crippen molar-refractivity contribution in [2.24, 2.45) is 23.2 Å². The number of piperidine rings is 1. The fourth-order valence-corrected chi connectivity index (χ4v) is 8.90. The minimum atomic E-state index is -0.920. The molecule has 7 nitrogen and oxygen atoms in total. The van der Waals surface area contributed by atoms with Gasteiger partial charge in [-0.15, -0.1) is 0 Å². The van der Waals surface area contributed by atoms with Crippen molar-refractivity contribution in [3.8, 4) is 0 Å². The molecule has 7 heteroatoms. The molecule has 254 valence electrons. The number of nitrogens with zero attached hydrogens (tertiary/aromatic N) is 1. The molecule has 2 saturated carbocycles. The first-order chi connectivity index (χ1) is 21.8. The Bertz CT molecular complexity index is 1060. The summed E-state index contributed by atoms with van der Waals surface area (Å²) in [6.07, 6.45) is 23.6. The van der Waals surface area contributed by atoms with Gasteiger partial charge in [0.05, 0.1) is 17.6 Å². The smallest absolute Gasteiger partial charge is 0.485 e.